The topological polar surface area (TPSA) is 64.0 Å². The molecule has 2 heterocycles. The molecule has 2 N–H and O–H groups in total. The first kappa shape index (κ1) is 30.5. The normalized spacial score (nSPS) is 21.7. The first-order chi connectivity index (χ1) is 19.3. The number of halogens is 1. The van der Waals surface area contributed by atoms with Gasteiger partial charge in [-0.05, 0) is 86.6 Å². The van der Waals surface area contributed by atoms with Gasteiger partial charge in [0.15, 0.2) is 0 Å². The van der Waals surface area contributed by atoms with Crippen LogP contribution >= 0.6 is 11.6 Å². The van der Waals surface area contributed by atoms with Crippen LogP contribution in [0.15, 0.2) is 78.9 Å². The van der Waals surface area contributed by atoms with Crippen molar-refractivity contribution in [2.75, 3.05) is 32.7 Å². The Hall–Kier alpha value is -2.44. The standard InChI is InChI=1S/C27H35ClN2O3.C7H10/c28-24-10-8-23(9-11-24)25(26(31)32)30-16-12-22(20-30)19-29-17-14-27(33,15-18-29)13-4-7-21-5-2-1-3-6-21;1-2-7-5-3-4-6-7/h1-3,5-6,8-11,22,25,33H,4,7,12-20H2,(H,31,32);3-7H,2H2,1H3/t22-,25?;/m1./s1. The van der Waals surface area contributed by atoms with E-state index in [9.17, 15) is 15.0 Å². The summed E-state index contributed by atoms with van der Waals surface area (Å²) in [5, 5.41) is 21.5. The Bertz CT molecular complexity index is 1100. The molecule has 0 amide bonds. The summed E-state index contributed by atoms with van der Waals surface area (Å²) in [5.41, 5.74) is 1.57. The lowest BCUT2D eigenvalue weighted by molar-refractivity contribution is -0.143. The lowest BCUT2D eigenvalue weighted by Crippen LogP contribution is -2.46. The number of allylic oxidation sites excluding steroid dienone is 4. The number of nitrogens with zero attached hydrogens (tertiary/aromatic N) is 2. The predicted octanol–water partition coefficient (Wildman–Crippen LogP) is 6.78. The fourth-order valence-electron chi connectivity index (χ4n) is 6.18. The molecule has 2 atom stereocenters. The van der Waals surface area contributed by atoms with Gasteiger partial charge in [-0.15, -0.1) is 0 Å². The SMILES string of the molecule is CCC1C=CC=C1.O=C(O)C(c1ccc(Cl)cc1)N1CC[C@H](CN2CCC(O)(CCCc3ccccc3)CC2)C1. The van der Waals surface area contributed by atoms with Crippen LogP contribution in [0.5, 0.6) is 0 Å². The van der Waals surface area contributed by atoms with Crippen molar-refractivity contribution >= 4 is 17.6 Å². The second kappa shape index (κ2) is 15.0. The fraction of sp³-hybridized carbons (Fsp3) is 0.500. The maximum absolute atomic E-state index is 12.0. The molecule has 40 heavy (non-hydrogen) atoms. The molecule has 1 aliphatic carbocycles. The Balaban J connectivity index is 0.000000461. The summed E-state index contributed by atoms with van der Waals surface area (Å²) in [7, 11) is 0. The zero-order chi connectivity index (χ0) is 28.4. The van der Waals surface area contributed by atoms with Gasteiger partial charge < -0.3 is 15.1 Å². The molecule has 216 valence electrons. The highest BCUT2D eigenvalue weighted by Crippen LogP contribution is 2.32. The average molecular weight is 565 g/mol. The summed E-state index contributed by atoms with van der Waals surface area (Å²) in [6, 6.07) is 17.0. The van der Waals surface area contributed by atoms with E-state index in [0.717, 1.165) is 82.7 Å². The Morgan fingerprint density at radius 3 is 2.30 bits per heavy atom. The average Bonchev–Trinajstić information content (AvgIpc) is 3.65. The van der Waals surface area contributed by atoms with Crippen LogP contribution in [-0.2, 0) is 11.2 Å². The molecule has 0 saturated carbocycles. The molecule has 2 aliphatic heterocycles. The maximum atomic E-state index is 12.0. The predicted molar refractivity (Wildman–Crippen MR) is 164 cm³/mol. The van der Waals surface area contributed by atoms with E-state index in [2.05, 4.69) is 65.3 Å². The molecule has 2 saturated heterocycles. The van der Waals surface area contributed by atoms with Crippen molar-refractivity contribution in [3.05, 3.63) is 95.1 Å². The highest BCUT2D eigenvalue weighted by molar-refractivity contribution is 6.30. The maximum Gasteiger partial charge on any atom is 0.325 e. The molecule has 0 bridgehead atoms. The third-order valence-electron chi connectivity index (χ3n) is 8.65. The summed E-state index contributed by atoms with van der Waals surface area (Å²) in [6.07, 6.45) is 15.4. The number of aryl methyl sites for hydroxylation is 1. The number of hydrogen-bond acceptors (Lipinski definition) is 4. The van der Waals surface area contributed by atoms with E-state index in [0.29, 0.717) is 10.9 Å². The van der Waals surface area contributed by atoms with E-state index in [4.69, 9.17) is 11.6 Å². The van der Waals surface area contributed by atoms with E-state index in [1.807, 2.05) is 18.2 Å². The Morgan fingerprint density at radius 1 is 1.02 bits per heavy atom. The summed E-state index contributed by atoms with van der Waals surface area (Å²) in [4.78, 5) is 16.5. The number of carboxylic acids is 1. The van der Waals surface area contributed by atoms with E-state index < -0.39 is 17.6 Å². The van der Waals surface area contributed by atoms with E-state index in [1.54, 1.807) is 12.1 Å². The molecule has 2 aromatic rings. The lowest BCUT2D eigenvalue weighted by atomic mass is 9.85. The van der Waals surface area contributed by atoms with Crippen molar-refractivity contribution in [3.63, 3.8) is 0 Å². The quantitative estimate of drug-likeness (QED) is 0.333. The number of carboxylic acid groups (broad SMARTS) is 1. The van der Waals surface area contributed by atoms with Gasteiger partial charge in [0.1, 0.15) is 6.04 Å². The first-order valence-electron chi connectivity index (χ1n) is 14.9. The van der Waals surface area contributed by atoms with Crippen LogP contribution in [0, 0.1) is 11.8 Å². The Kier molecular flexibility index (Phi) is 11.4. The molecule has 5 nitrogen and oxygen atoms in total. The summed E-state index contributed by atoms with van der Waals surface area (Å²) >= 11 is 5.98. The number of likely N-dealkylation sites (tertiary alicyclic amines) is 2. The van der Waals surface area contributed by atoms with Crippen LogP contribution in [0.1, 0.15) is 62.6 Å². The second-order valence-corrected chi connectivity index (χ2v) is 12.1. The number of hydrogen-bond donors (Lipinski definition) is 2. The van der Waals surface area contributed by atoms with E-state index in [1.165, 1.54) is 12.0 Å². The van der Waals surface area contributed by atoms with Crippen molar-refractivity contribution in [3.8, 4) is 0 Å². The number of piperidine rings is 1. The molecule has 0 spiro atoms. The molecule has 2 aromatic carbocycles. The van der Waals surface area contributed by atoms with Crippen molar-refractivity contribution in [2.45, 2.75) is 63.5 Å². The van der Waals surface area contributed by atoms with Gasteiger partial charge in [-0.1, -0.05) is 85.3 Å². The third-order valence-corrected chi connectivity index (χ3v) is 8.91. The molecule has 6 heteroatoms. The van der Waals surface area contributed by atoms with Gasteiger partial charge in [-0.3, -0.25) is 9.69 Å². The second-order valence-electron chi connectivity index (χ2n) is 11.6. The van der Waals surface area contributed by atoms with Gasteiger partial charge in [-0.2, -0.15) is 0 Å². The first-order valence-corrected chi connectivity index (χ1v) is 15.3. The zero-order valence-corrected chi connectivity index (χ0v) is 24.6. The van der Waals surface area contributed by atoms with E-state index >= 15 is 0 Å². The molecule has 3 aliphatic rings. The minimum Gasteiger partial charge on any atom is -0.480 e. The van der Waals surface area contributed by atoms with Crippen LogP contribution in [0.4, 0.5) is 0 Å². The molecule has 0 aromatic heterocycles. The summed E-state index contributed by atoms with van der Waals surface area (Å²) < 4.78 is 0. The fourth-order valence-corrected chi connectivity index (χ4v) is 6.31. The van der Waals surface area contributed by atoms with Gasteiger partial charge in [-0.25, -0.2) is 0 Å². The minimum atomic E-state index is -0.809. The number of rotatable bonds is 10. The number of aliphatic hydroxyl groups is 1. The molecular weight excluding hydrogens is 520 g/mol. The smallest absolute Gasteiger partial charge is 0.325 e. The van der Waals surface area contributed by atoms with Crippen LogP contribution in [0.2, 0.25) is 5.02 Å². The summed E-state index contributed by atoms with van der Waals surface area (Å²) in [5.74, 6) is 0.389. The van der Waals surface area contributed by atoms with Crippen molar-refractivity contribution < 1.29 is 15.0 Å². The number of aliphatic carboxylic acids is 1. The number of carbonyl (C=O) groups is 1. The Labute approximate surface area is 245 Å². The van der Waals surface area contributed by atoms with Crippen molar-refractivity contribution in [1.82, 2.24) is 9.80 Å². The monoisotopic (exact) mass is 564 g/mol. The molecule has 1 unspecified atom stereocenters. The van der Waals surface area contributed by atoms with Gasteiger partial charge in [0.05, 0.1) is 5.60 Å². The van der Waals surface area contributed by atoms with Crippen molar-refractivity contribution in [1.29, 1.82) is 0 Å². The van der Waals surface area contributed by atoms with Crippen LogP contribution in [-0.4, -0.2) is 64.3 Å². The van der Waals surface area contributed by atoms with Gasteiger partial charge in [0.2, 0.25) is 0 Å². The van der Waals surface area contributed by atoms with Crippen molar-refractivity contribution in [2.24, 2.45) is 11.8 Å². The highest BCUT2D eigenvalue weighted by atomic mass is 35.5. The van der Waals surface area contributed by atoms with E-state index in [-0.39, 0.29) is 0 Å². The van der Waals surface area contributed by atoms with Crippen LogP contribution in [0.25, 0.3) is 0 Å². The van der Waals surface area contributed by atoms with Crippen LogP contribution in [0.3, 0.4) is 0 Å². The van der Waals surface area contributed by atoms with Gasteiger partial charge in [0.25, 0.3) is 0 Å². The minimum absolute atomic E-state index is 0.462. The zero-order valence-electron chi connectivity index (χ0n) is 23.8. The van der Waals surface area contributed by atoms with Gasteiger partial charge in [0, 0.05) is 31.2 Å². The molecule has 2 fully saturated rings. The van der Waals surface area contributed by atoms with Crippen LogP contribution < -0.4 is 0 Å². The highest BCUT2D eigenvalue weighted by Gasteiger charge is 2.36. The third kappa shape index (κ3) is 9.04. The number of benzene rings is 2. The molecule has 0 radical (unpaired) electrons. The van der Waals surface area contributed by atoms with Gasteiger partial charge >= 0.3 is 5.97 Å². The molecule has 5 rings (SSSR count). The summed E-state index contributed by atoms with van der Waals surface area (Å²) in [6.45, 7) is 6.59. The molecular formula is C34H45ClN2O3. The lowest BCUT2D eigenvalue weighted by Gasteiger charge is -2.39. The largest absolute Gasteiger partial charge is 0.480 e. The Morgan fingerprint density at radius 2 is 1.70 bits per heavy atom.